The first kappa shape index (κ1) is 19.1. The summed E-state index contributed by atoms with van der Waals surface area (Å²) in [7, 11) is -1.84. The number of thiophene rings is 1. The van der Waals surface area contributed by atoms with Gasteiger partial charge in [0, 0.05) is 30.1 Å². The molecular formula is C14H25BrN2O2S2. The lowest BCUT2D eigenvalue weighted by Crippen LogP contribution is -2.44. The highest BCUT2D eigenvalue weighted by Gasteiger charge is 2.34. The monoisotopic (exact) mass is 396 g/mol. The Hall–Kier alpha value is 0.0500. The van der Waals surface area contributed by atoms with Gasteiger partial charge in [-0.2, -0.15) is 4.31 Å². The average Bonchev–Trinajstić information content (AvgIpc) is 2.77. The zero-order chi connectivity index (χ0) is 16.4. The Labute approximate surface area is 141 Å². The van der Waals surface area contributed by atoms with Crippen LogP contribution in [0.3, 0.4) is 0 Å². The van der Waals surface area contributed by atoms with E-state index in [0.717, 1.165) is 11.3 Å². The number of halogens is 1. The summed E-state index contributed by atoms with van der Waals surface area (Å²) in [6, 6.07) is 2.13. The molecule has 0 bridgehead atoms. The highest BCUT2D eigenvalue weighted by Crippen LogP contribution is 2.35. The van der Waals surface area contributed by atoms with E-state index >= 15 is 0 Å². The topological polar surface area (TPSA) is 49.4 Å². The largest absolute Gasteiger partial charge is 0.310 e. The Morgan fingerprint density at radius 3 is 2.48 bits per heavy atom. The lowest BCUT2D eigenvalue weighted by molar-refractivity contribution is 0.257. The van der Waals surface area contributed by atoms with Gasteiger partial charge in [-0.3, -0.25) is 0 Å². The Kier molecular flexibility index (Phi) is 6.44. The summed E-state index contributed by atoms with van der Waals surface area (Å²) in [6.45, 7) is 10.7. The minimum atomic E-state index is -3.49. The summed E-state index contributed by atoms with van der Waals surface area (Å²) in [5, 5.41) is 3.31. The first-order valence-electron chi connectivity index (χ1n) is 7.03. The molecule has 0 radical (unpaired) electrons. The van der Waals surface area contributed by atoms with E-state index in [0.29, 0.717) is 21.3 Å². The number of hydrogen-bond donors (Lipinski definition) is 1. The third kappa shape index (κ3) is 4.51. The maximum absolute atomic E-state index is 12.8. The van der Waals surface area contributed by atoms with Crippen molar-refractivity contribution in [3.8, 4) is 0 Å². The summed E-state index contributed by atoms with van der Waals surface area (Å²) in [5.74, 6) is 0. The van der Waals surface area contributed by atoms with Crippen LogP contribution in [0.5, 0.6) is 0 Å². The van der Waals surface area contributed by atoms with Crippen molar-refractivity contribution in [1.82, 2.24) is 9.62 Å². The predicted molar refractivity (Wildman–Crippen MR) is 93.3 cm³/mol. The fourth-order valence-corrected chi connectivity index (χ4v) is 5.82. The van der Waals surface area contributed by atoms with Crippen LogP contribution in [0, 0.1) is 0 Å². The van der Waals surface area contributed by atoms with Gasteiger partial charge in [-0.05, 0) is 42.3 Å². The van der Waals surface area contributed by atoms with Crippen LogP contribution in [0.2, 0.25) is 0 Å². The molecular weight excluding hydrogens is 372 g/mol. The van der Waals surface area contributed by atoms with Gasteiger partial charge >= 0.3 is 0 Å². The Balaban J connectivity index is 3.09. The molecule has 0 aliphatic rings. The molecule has 0 saturated heterocycles. The number of nitrogens with one attached hydrogen (secondary N) is 1. The predicted octanol–water partition coefficient (Wildman–Crippen LogP) is 3.82. The summed E-state index contributed by atoms with van der Waals surface area (Å²) in [5.41, 5.74) is -0.406. The van der Waals surface area contributed by atoms with Crippen LogP contribution >= 0.6 is 27.3 Å². The molecule has 0 aliphatic heterocycles. The van der Waals surface area contributed by atoms with Crippen molar-refractivity contribution < 1.29 is 8.42 Å². The van der Waals surface area contributed by atoms with Gasteiger partial charge in [0.05, 0.1) is 3.79 Å². The average molecular weight is 397 g/mol. The molecule has 1 aromatic heterocycles. The van der Waals surface area contributed by atoms with Gasteiger partial charge in [-0.15, -0.1) is 11.3 Å². The SMILES string of the molecule is CCC(C)(C)N(C)S(=O)(=O)c1cc(CNC(C)C)sc1Br. The molecule has 122 valence electrons. The maximum Gasteiger partial charge on any atom is 0.245 e. The van der Waals surface area contributed by atoms with Crippen molar-refractivity contribution in [2.75, 3.05) is 7.05 Å². The molecule has 0 aromatic carbocycles. The molecule has 0 saturated carbocycles. The maximum atomic E-state index is 12.8. The Morgan fingerprint density at radius 1 is 1.43 bits per heavy atom. The van der Waals surface area contributed by atoms with Crippen molar-refractivity contribution in [3.63, 3.8) is 0 Å². The van der Waals surface area contributed by atoms with Gasteiger partial charge in [0.1, 0.15) is 4.90 Å². The summed E-state index contributed by atoms with van der Waals surface area (Å²) >= 11 is 4.87. The van der Waals surface area contributed by atoms with Crippen LogP contribution in [-0.4, -0.2) is 31.4 Å². The molecule has 1 aromatic rings. The molecule has 1 rings (SSSR count). The molecule has 0 amide bonds. The smallest absolute Gasteiger partial charge is 0.245 e. The van der Waals surface area contributed by atoms with E-state index in [2.05, 4.69) is 35.1 Å². The second kappa shape index (κ2) is 7.08. The van der Waals surface area contributed by atoms with Crippen LogP contribution < -0.4 is 5.32 Å². The van der Waals surface area contributed by atoms with Crippen molar-refractivity contribution in [2.45, 2.75) is 64.1 Å². The Morgan fingerprint density at radius 2 is 2.00 bits per heavy atom. The van der Waals surface area contributed by atoms with E-state index in [1.165, 1.54) is 15.6 Å². The van der Waals surface area contributed by atoms with Crippen LogP contribution in [0.15, 0.2) is 14.7 Å². The number of sulfonamides is 1. The van der Waals surface area contributed by atoms with Crippen molar-refractivity contribution >= 4 is 37.3 Å². The quantitative estimate of drug-likeness (QED) is 0.761. The van der Waals surface area contributed by atoms with Crippen molar-refractivity contribution in [2.24, 2.45) is 0 Å². The highest BCUT2D eigenvalue weighted by molar-refractivity contribution is 9.11. The van der Waals surface area contributed by atoms with Gasteiger partial charge in [0.2, 0.25) is 10.0 Å². The minimum Gasteiger partial charge on any atom is -0.310 e. The van der Waals surface area contributed by atoms with E-state index in [4.69, 9.17) is 0 Å². The zero-order valence-corrected chi connectivity index (χ0v) is 16.7. The van der Waals surface area contributed by atoms with Gasteiger partial charge in [-0.1, -0.05) is 20.8 Å². The van der Waals surface area contributed by atoms with E-state index in [1.807, 2.05) is 20.8 Å². The minimum absolute atomic E-state index is 0.358. The summed E-state index contributed by atoms with van der Waals surface area (Å²) in [4.78, 5) is 1.37. The first-order valence-corrected chi connectivity index (χ1v) is 10.1. The zero-order valence-electron chi connectivity index (χ0n) is 13.5. The fraction of sp³-hybridized carbons (Fsp3) is 0.714. The number of hydrogen-bond acceptors (Lipinski definition) is 4. The molecule has 1 N–H and O–H groups in total. The molecule has 1 heterocycles. The van der Waals surface area contributed by atoms with E-state index in [-0.39, 0.29) is 0 Å². The third-order valence-corrected chi connectivity index (χ3v) is 8.07. The van der Waals surface area contributed by atoms with Crippen LogP contribution in [0.1, 0.15) is 45.9 Å². The van der Waals surface area contributed by atoms with E-state index in [9.17, 15) is 8.42 Å². The number of nitrogens with zero attached hydrogens (tertiary/aromatic N) is 1. The normalized spacial score (nSPS) is 13.4. The molecule has 0 fully saturated rings. The molecule has 0 aliphatic carbocycles. The lowest BCUT2D eigenvalue weighted by atomic mass is 10.0. The second-order valence-corrected chi connectivity index (χ2v) is 10.4. The number of rotatable bonds is 7. The fourth-order valence-electron chi connectivity index (χ4n) is 1.66. The van der Waals surface area contributed by atoms with Crippen molar-refractivity contribution in [3.05, 3.63) is 14.7 Å². The third-order valence-electron chi connectivity index (χ3n) is 3.75. The van der Waals surface area contributed by atoms with Gasteiger partial charge in [0.15, 0.2) is 0 Å². The molecule has 0 atom stereocenters. The summed E-state index contributed by atoms with van der Waals surface area (Å²) in [6.07, 6.45) is 0.756. The summed E-state index contributed by atoms with van der Waals surface area (Å²) < 4.78 is 27.7. The molecule has 4 nitrogen and oxygen atoms in total. The van der Waals surface area contributed by atoms with Crippen LogP contribution in [-0.2, 0) is 16.6 Å². The van der Waals surface area contributed by atoms with Gasteiger partial charge in [-0.25, -0.2) is 8.42 Å². The molecule has 7 heteroatoms. The standard InChI is InChI=1S/C14H25BrN2O2S2/c1-7-14(4,5)17(6)21(18,19)12-8-11(20-13(12)15)9-16-10(2)3/h8,10,16H,7,9H2,1-6H3. The molecule has 0 unspecified atom stereocenters. The van der Waals surface area contributed by atoms with Gasteiger partial charge < -0.3 is 5.32 Å². The molecule has 0 spiro atoms. The highest BCUT2D eigenvalue weighted by atomic mass is 79.9. The van der Waals surface area contributed by atoms with Crippen LogP contribution in [0.4, 0.5) is 0 Å². The van der Waals surface area contributed by atoms with E-state index in [1.54, 1.807) is 13.1 Å². The van der Waals surface area contributed by atoms with E-state index < -0.39 is 15.6 Å². The Bertz CT molecular complexity index is 580. The second-order valence-electron chi connectivity index (χ2n) is 6.02. The molecule has 21 heavy (non-hydrogen) atoms. The van der Waals surface area contributed by atoms with Crippen molar-refractivity contribution in [1.29, 1.82) is 0 Å². The first-order chi connectivity index (χ1) is 9.52. The lowest BCUT2D eigenvalue weighted by Gasteiger charge is -2.33. The van der Waals surface area contributed by atoms with Crippen LogP contribution in [0.25, 0.3) is 0 Å². The van der Waals surface area contributed by atoms with Gasteiger partial charge in [0.25, 0.3) is 0 Å².